The lowest BCUT2D eigenvalue weighted by Crippen LogP contribution is -2.57. The molecule has 2 bridgehead atoms. The van der Waals surface area contributed by atoms with Crippen LogP contribution in [0.3, 0.4) is 0 Å². The highest BCUT2D eigenvalue weighted by Crippen LogP contribution is 2.68. The van der Waals surface area contributed by atoms with E-state index in [0.29, 0.717) is 17.0 Å². The van der Waals surface area contributed by atoms with Crippen molar-refractivity contribution in [1.82, 2.24) is 0 Å². The molecule has 0 spiro atoms. The quantitative estimate of drug-likeness (QED) is 0.724. The van der Waals surface area contributed by atoms with Crippen molar-refractivity contribution in [2.75, 3.05) is 0 Å². The van der Waals surface area contributed by atoms with E-state index < -0.39 is 34.5 Å². The molecular formula is C26H24N4O2. The summed E-state index contributed by atoms with van der Waals surface area (Å²) in [6.07, 6.45) is -1.08. The van der Waals surface area contributed by atoms with Crippen LogP contribution >= 0.6 is 0 Å². The molecule has 2 aromatic carbocycles. The van der Waals surface area contributed by atoms with E-state index >= 15 is 0 Å². The van der Waals surface area contributed by atoms with Crippen LogP contribution in [0.1, 0.15) is 55.0 Å². The summed E-state index contributed by atoms with van der Waals surface area (Å²) in [4.78, 5) is 0. The highest BCUT2D eigenvalue weighted by molar-refractivity contribution is 5.89. The van der Waals surface area contributed by atoms with Crippen LogP contribution in [-0.4, -0.2) is 5.90 Å². The van der Waals surface area contributed by atoms with Gasteiger partial charge >= 0.3 is 0 Å². The lowest BCUT2D eigenvalue weighted by molar-refractivity contribution is -0.288. The van der Waals surface area contributed by atoms with E-state index in [1.807, 2.05) is 55.5 Å². The number of nitrogens with one attached hydrogen (secondary N) is 1. The van der Waals surface area contributed by atoms with Gasteiger partial charge in [0.05, 0.1) is 24.1 Å². The predicted molar refractivity (Wildman–Crippen MR) is 117 cm³/mol. The fraction of sp³-hybridized carbons (Fsp3) is 0.385. The third-order valence-corrected chi connectivity index (χ3v) is 7.03. The molecule has 4 unspecified atom stereocenters. The molecule has 0 saturated carbocycles. The standard InChI is InChI=1S/C26H24N4O2/c1-16(2)19-7-9-20(10-8-19)22-24(13-27,14-28)25(15-29)18(4)26(31-22,32-23(25)30)21-11-5-17(3)6-12-21/h5-12,16,18,22,30H,1-4H3. The van der Waals surface area contributed by atoms with Crippen molar-refractivity contribution in [3.63, 3.8) is 0 Å². The minimum atomic E-state index is -1.96. The van der Waals surface area contributed by atoms with Crippen molar-refractivity contribution in [2.45, 2.75) is 45.5 Å². The van der Waals surface area contributed by atoms with Crippen LogP contribution in [-0.2, 0) is 15.3 Å². The lowest BCUT2D eigenvalue weighted by Gasteiger charge is -2.48. The van der Waals surface area contributed by atoms with Crippen molar-refractivity contribution in [2.24, 2.45) is 16.7 Å². The third kappa shape index (κ3) is 2.49. The lowest BCUT2D eigenvalue weighted by atomic mass is 9.53. The molecule has 6 nitrogen and oxygen atoms in total. The van der Waals surface area contributed by atoms with Crippen LogP contribution in [0.2, 0.25) is 0 Å². The Morgan fingerprint density at radius 3 is 2.03 bits per heavy atom. The first kappa shape index (κ1) is 21.6. The SMILES string of the molecule is Cc1ccc(C23OC(=N)C(C#N)(C2C)C(C#N)(C#N)C(c2ccc(C(C)C)cc2)O3)cc1. The minimum Gasteiger partial charge on any atom is -0.443 e. The summed E-state index contributed by atoms with van der Waals surface area (Å²) in [6, 6.07) is 21.4. The summed E-state index contributed by atoms with van der Waals surface area (Å²) in [6.45, 7) is 7.83. The van der Waals surface area contributed by atoms with E-state index in [2.05, 4.69) is 32.1 Å². The van der Waals surface area contributed by atoms with Gasteiger partial charge in [-0.15, -0.1) is 0 Å². The van der Waals surface area contributed by atoms with Crippen molar-refractivity contribution < 1.29 is 9.47 Å². The van der Waals surface area contributed by atoms with E-state index in [0.717, 1.165) is 11.1 Å². The van der Waals surface area contributed by atoms with Crippen molar-refractivity contribution >= 4 is 5.90 Å². The molecule has 4 atom stereocenters. The summed E-state index contributed by atoms with van der Waals surface area (Å²) in [5.74, 6) is -2.32. The van der Waals surface area contributed by atoms with Gasteiger partial charge in [0.2, 0.25) is 17.1 Å². The van der Waals surface area contributed by atoms with Gasteiger partial charge in [-0.1, -0.05) is 74.9 Å². The van der Waals surface area contributed by atoms with Gasteiger partial charge in [-0.3, -0.25) is 5.41 Å². The van der Waals surface area contributed by atoms with Gasteiger partial charge in [-0.05, 0) is 24.0 Å². The molecule has 2 aromatic rings. The van der Waals surface area contributed by atoms with Crippen molar-refractivity contribution in [3.8, 4) is 18.2 Å². The second-order valence-corrected chi connectivity index (χ2v) is 8.96. The smallest absolute Gasteiger partial charge is 0.244 e. The Balaban J connectivity index is 1.99. The van der Waals surface area contributed by atoms with Crippen LogP contribution in [0.4, 0.5) is 0 Å². The summed E-state index contributed by atoms with van der Waals surface area (Å²) < 4.78 is 12.5. The van der Waals surface area contributed by atoms with Crippen LogP contribution in [0.5, 0.6) is 0 Å². The summed E-state index contributed by atoms with van der Waals surface area (Å²) in [5.41, 5.74) is -0.363. The number of hydrogen-bond donors (Lipinski definition) is 1. The van der Waals surface area contributed by atoms with Gasteiger partial charge in [0.15, 0.2) is 5.41 Å². The molecule has 4 rings (SSSR count). The molecule has 2 heterocycles. The summed E-state index contributed by atoms with van der Waals surface area (Å²) in [7, 11) is 0. The number of ether oxygens (including phenoxy) is 2. The first-order valence-electron chi connectivity index (χ1n) is 10.6. The molecular weight excluding hydrogens is 400 g/mol. The minimum absolute atomic E-state index is 0.310. The van der Waals surface area contributed by atoms with E-state index in [-0.39, 0.29) is 0 Å². The number of nitrogens with zero attached hydrogens (tertiary/aromatic N) is 3. The van der Waals surface area contributed by atoms with Gasteiger partial charge in [0.1, 0.15) is 6.10 Å². The zero-order valence-corrected chi connectivity index (χ0v) is 18.5. The number of benzene rings is 2. The fourth-order valence-corrected chi connectivity index (χ4v) is 5.01. The fourth-order valence-electron chi connectivity index (χ4n) is 5.01. The Morgan fingerprint density at radius 1 is 0.938 bits per heavy atom. The molecule has 2 fully saturated rings. The first-order valence-corrected chi connectivity index (χ1v) is 10.6. The van der Waals surface area contributed by atoms with Gasteiger partial charge in [0, 0.05) is 5.56 Å². The monoisotopic (exact) mass is 424 g/mol. The second-order valence-electron chi connectivity index (χ2n) is 8.96. The van der Waals surface area contributed by atoms with Crippen LogP contribution < -0.4 is 0 Å². The second kappa shape index (κ2) is 7.20. The molecule has 0 aromatic heterocycles. The Morgan fingerprint density at radius 2 is 1.53 bits per heavy atom. The number of fused-ring (bicyclic) bond motifs is 2. The molecule has 6 heteroatoms. The van der Waals surface area contributed by atoms with Gasteiger partial charge in [-0.25, -0.2) is 0 Å². The zero-order chi connectivity index (χ0) is 23.3. The zero-order valence-electron chi connectivity index (χ0n) is 18.5. The van der Waals surface area contributed by atoms with E-state index in [9.17, 15) is 15.8 Å². The molecule has 0 radical (unpaired) electrons. The van der Waals surface area contributed by atoms with Crippen LogP contribution in [0, 0.1) is 63.1 Å². The van der Waals surface area contributed by atoms with E-state index in [1.165, 1.54) is 0 Å². The highest BCUT2D eigenvalue weighted by Gasteiger charge is 2.79. The molecule has 2 saturated heterocycles. The normalized spacial score (nSPS) is 30.1. The average molecular weight is 425 g/mol. The molecule has 32 heavy (non-hydrogen) atoms. The van der Waals surface area contributed by atoms with Gasteiger partial charge in [0.25, 0.3) is 0 Å². The number of aryl methyl sites for hydroxylation is 1. The van der Waals surface area contributed by atoms with Gasteiger partial charge < -0.3 is 9.47 Å². The van der Waals surface area contributed by atoms with Crippen LogP contribution in [0.25, 0.3) is 0 Å². The van der Waals surface area contributed by atoms with Gasteiger partial charge in [-0.2, -0.15) is 15.8 Å². The largest absolute Gasteiger partial charge is 0.443 e. The number of rotatable bonds is 3. The highest BCUT2D eigenvalue weighted by atomic mass is 16.7. The first-order chi connectivity index (χ1) is 15.2. The molecule has 0 aliphatic carbocycles. The third-order valence-electron chi connectivity index (χ3n) is 7.03. The Labute approximate surface area is 188 Å². The molecule has 2 aliphatic rings. The van der Waals surface area contributed by atoms with Crippen molar-refractivity contribution in [1.29, 1.82) is 21.2 Å². The molecule has 1 N–H and O–H groups in total. The Bertz CT molecular complexity index is 1180. The van der Waals surface area contributed by atoms with Crippen molar-refractivity contribution in [3.05, 3.63) is 70.8 Å². The van der Waals surface area contributed by atoms with E-state index in [1.54, 1.807) is 6.92 Å². The molecule has 2 aliphatic heterocycles. The number of hydrogen-bond acceptors (Lipinski definition) is 6. The molecule has 160 valence electrons. The maximum atomic E-state index is 10.4. The van der Waals surface area contributed by atoms with Crippen LogP contribution in [0.15, 0.2) is 48.5 Å². The molecule has 0 amide bonds. The summed E-state index contributed by atoms with van der Waals surface area (Å²) in [5, 5.41) is 39.6. The number of nitriles is 3. The maximum absolute atomic E-state index is 10.4. The Kier molecular flexibility index (Phi) is 4.85. The van der Waals surface area contributed by atoms with E-state index in [4.69, 9.17) is 14.9 Å². The maximum Gasteiger partial charge on any atom is 0.244 e. The average Bonchev–Trinajstić information content (AvgIpc) is 2.96. The summed E-state index contributed by atoms with van der Waals surface area (Å²) >= 11 is 0. The Hall–Kier alpha value is -3.66. The predicted octanol–water partition coefficient (Wildman–Crippen LogP) is 5.23. The topological polar surface area (TPSA) is 114 Å².